The number of unbranched alkanes of at least 4 members (excludes halogenated alkanes) is 2. The number of amides is 1. The predicted molar refractivity (Wildman–Crippen MR) is 59.0 cm³/mol. The Hall–Kier alpha value is -1.01. The number of nitrogens with one attached hydrogen (secondary N) is 1. The molecule has 0 aromatic carbocycles. The monoisotopic (exact) mass is 209 g/mol. The Kier molecular flexibility index (Phi) is 5.20. The van der Waals surface area contributed by atoms with Gasteiger partial charge in [-0.15, -0.1) is 12.3 Å². The Morgan fingerprint density at radius 3 is 2.87 bits per heavy atom. The van der Waals surface area contributed by atoms with E-state index in [1.807, 2.05) is 0 Å². The molecule has 0 radical (unpaired) electrons. The quantitative estimate of drug-likeness (QED) is 0.486. The van der Waals surface area contributed by atoms with Crippen molar-refractivity contribution in [1.29, 1.82) is 0 Å². The highest BCUT2D eigenvalue weighted by molar-refractivity contribution is 5.75. The second-order valence-electron chi connectivity index (χ2n) is 4.12. The zero-order valence-electron chi connectivity index (χ0n) is 9.04. The molecular formula is C12H19NO2. The van der Waals surface area contributed by atoms with Gasteiger partial charge in [-0.1, -0.05) is 0 Å². The SMILES string of the molecule is C#CCCCCC(=O)NCC(O)C1CC1. The Morgan fingerprint density at radius 1 is 1.53 bits per heavy atom. The van der Waals surface area contributed by atoms with Crippen LogP contribution in [0.25, 0.3) is 0 Å². The van der Waals surface area contributed by atoms with E-state index in [2.05, 4.69) is 11.2 Å². The summed E-state index contributed by atoms with van der Waals surface area (Å²) in [6.07, 6.45) is 9.92. The van der Waals surface area contributed by atoms with Crippen LogP contribution in [-0.4, -0.2) is 23.7 Å². The Labute approximate surface area is 91.3 Å². The molecule has 0 heterocycles. The molecule has 3 heteroatoms. The molecule has 0 bridgehead atoms. The fraction of sp³-hybridized carbons (Fsp3) is 0.750. The zero-order chi connectivity index (χ0) is 11.1. The molecule has 1 amide bonds. The molecule has 0 spiro atoms. The summed E-state index contributed by atoms with van der Waals surface area (Å²) in [7, 11) is 0. The number of terminal acetylenes is 1. The third-order valence-electron chi connectivity index (χ3n) is 2.65. The van der Waals surface area contributed by atoms with Crippen molar-refractivity contribution < 1.29 is 9.90 Å². The van der Waals surface area contributed by atoms with Crippen molar-refractivity contribution in [1.82, 2.24) is 5.32 Å². The lowest BCUT2D eigenvalue weighted by Crippen LogP contribution is -2.32. The summed E-state index contributed by atoms with van der Waals surface area (Å²) in [5.74, 6) is 2.99. The van der Waals surface area contributed by atoms with Gasteiger partial charge in [-0.2, -0.15) is 0 Å². The van der Waals surface area contributed by atoms with Crippen LogP contribution < -0.4 is 5.32 Å². The molecule has 1 aliphatic rings. The maximum absolute atomic E-state index is 11.3. The summed E-state index contributed by atoms with van der Waals surface area (Å²) < 4.78 is 0. The third kappa shape index (κ3) is 5.44. The number of carbonyl (C=O) groups excluding carboxylic acids is 1. The smallest absolute Gasteiger partial charge is 0.220 e. The Morgan fingerprint density at radius 2 is 2.27 bits per heavy atom. The number of aliphatic hydroxyl groups is 1. The molecule has 1 atom stereocenters. The number of rotatable bonds is 7. The molecule has 2 N–H and O–H groups in total. The largest absolute Gasteiger partial charge is 0.391 e. The average Bonchev–Trinajstić information content (AvgIpc) is 3.04. The van der Waals surface area contributed by atoms with Gasteiger partial charge in [0.15, 0.2) is 0 Å². The molecule has 3 nitrogen and oxygen atoms in total. The molecule has 0 aliphatic heterocycles. The van der Waals surface area contributed by atoms with Crippen molar-refractivity contribution in [3.63, 3.8) is 0 Å². The van der Waals surface area contributed by atoms with Gasteiger partial charge in [0.25, 0.3) is 0 Å². The van der Waals surface area contributed by atoms with Gasteiger partial charge in [-0.05, 0) is 31.6 Å². The van der Waals surface area contributed by atoms with Gasteiger partial charge >= 0.3 is 0 Å². The van der Waals surface area contributed by atoms with E-state index in [9.17, 15) is 9.90 Å². The van der Waals surface area contributed by atoms with Gasteiger partial charge in [0.2, 0.25) is 5.91 Å². The molecule has 1 rings (SSSR count). The van der Waals surface area contributed by atoms with Gasteiger partial charge in [0.1, 0.15) is 0 Å². The summed E-state index contributed by atoms with van der Waals surface area (Å²) in [6.45, 7) is 0.401. The standard InChI is InChI=1S/C12H19NO2/c1-2-3-4-5-6-12(15)13-9-11(14)10-7-8-10/h1,10-11,14H,3-9H2,(H,13,15). The normalized spacial score (nSPS) is 16.8. The van der Waals surface area contributed by atoms with E-state index in [1.165, 1.54) is 0 Å². The van der Waals surface area contributed by atoms with Gasteiger partial charge in [0.05, 0.1) is 6.10 Å². The molecule has 1 unspecified atom stereocenters. The maximum atomic E-state index is 11.3. The van der Waals surface area contributed by atoms with Gasteiger partial charge in [0, 0.05) is 19.4 Å². The van der Waals surface area contributed by atoms with Crippen LogP contribution in [0.1, 0.15) is 38.5 Å². The van der Waals surface area contributed by atoms with Crippen LogP contribution in [0.15, 0.2) is 0 Å². The van der Waals surface area contributed by atoms with E-state index in [0.29, 0.717) is 18.9 Å². The minimum atomic E-state index is -0.348. The van der Waals surface area contributed by atoms with Crippen LogP contribution in [0.4, 0.5) is 0 Å². The first-order valence-corrected chi connectivity index (χ1v) is 5.62. The van der Waals surface area contributed by atoms with Crippen LogP contribution >= 0.6 is 0 Å². The fourth-order valence-electron chi connectivity index (χ4n) is 1.47. The molecule has 15 heavy (non-hydrogen) atoms. The molecule has 0 aromatic rings. The minimum Gasteiger partial charge on any atom is -0.391 e. The third-order valence-corrected chi connectivity index (χ3v) is 2.65. The number of aliphatic hydroxyl groups excluding tert-OH is 1. The van der Waals surface area contributed by atoms with Crippen molar-refractivity contribution >= 4 is 5.91 Å². The summed E-state index contributed by atoms with van der Waals surface area (Å²) in [5, 5.41) is 12.2. The fourth-order valence-corrected chi connectivity index (χ4v) is 1.47. The molecule has 0 aromatic heterocycles. The van der Waals surface area contributed by atoms with E-state index in [1.54, 1.807) is 0 Å². The highest BCUT2D eigenvalue weighted by Crippen LogP contribution is 2.32. The molecule has 1 aliphatic carbocycles. The van der Waals surface area contributed by atoms with Crippen molar-refractivity contribution in [2.75, 3.05) is 6.54 Å². The number of carbonyl (C=O) groups is 1. The van der Waals surface area contributed by atoms with Crippen molar-refractivity contribution in [3.05, 3.63) is 0 Å². The second-order valence-corrected chi connectivity index (χ2v) is 4.12. The van der Waals surface area contributed by atoms with E-state index in [-0.39, 0.29) is 12.0 Å². The molecule has 84 valence electrons. The van der Waals surface area contributed by atoms with Crippen LogP contribution in [0.3, 0.4) is 0 Å². The van der Waals surface area contributed by atoms with Crippen LogP contribution in [-0.2, 0) is 4.79 Å². The highest BCUT2D eigenvalue weighted by Gasteiger charge is 2.29. The summed E-state index contributed by atoms with van der Waals surface area (Å²) in [6, 6.07) is 0. The van der Waals surface area contributed by atoms with E-state index in [0.717, 1.165) is 32.1 Å². The summed E-state index contributed by atoms with van der Waals surface area (Å²) >= 11 is 0. The van der Waals surface area contributed by atoms with Crippen molar-refractivity contribution in [2.24, 2.45) is 5.92 Å². The Bertz CT molecular complexity index is 240. The predicted octanol–water partition coefficient (Wildman–Crippen LogP) is 1.07. The van der Waals surface area contributed by atoms with E-state index >= 15 is 0 Å². The lowest BCUT2D eigenvalue weighted by Gasteiger charge is -2.10. The first-order valence-electron chi connectivity index (χ1n) is 5.62. The lowest BCUT2D eigenvalue weighted by atomic mass is 10.2. The minimum absolute atomic E-state index is 0.0201. The first-order chi connectivity index (χ1) is 7.24. The van der Waals surface area contributed by atoms with Crippen molar-refractivity contribution in [3.8, 4) is 12.3 Å². The Balaban J connectivity index is 1.95. The van der Waals surface area contributed by atoms with Crippen molar-refractivity contribution in [2.45, 2.75) is 44.6 Å². The van der Waals surface area contributed by atoms with Gasteiger partial charge < -0.3 is 10.4 Å². The molecule has 1 saturated carbocycles. The zero-order valence-corrected chi connectivity index (χ0v) is 9.04. The summed E-state index contributed by atoms with van der Waals surface area (Å²) in [4.78, 5) is 11.3. The first kappa shape index (κ1) is 12.1. The lowest BCUT2D eigenvalue weighted by molar-refractivity contribution is -0.121. The average molecular weight is 209 g/mol. The van der Waals surface area contributed by atoms with Gasteiger partial charge in [-0.25, -0.2) is 0 Å². The molecule has 1 fully saturated rings. The summed E-state index contributed by atoms with van der Waals surface area (Å²) in [5.41, 5.74) is 0. The van der Waals surface area contributed by atoms with Gasteiger partial charge in [-0.3, -0.25) is 4.79 Å². The topological polar surface area (TPSA) is 49.3 Å². The molecular weight excluding hydrogens is 190 g/mol. The van der Waals surface area contributed by atoms with E-state index < -0.39 is 0 Å². The maximum Gasteiger partial charge on any atom is 0.220 e. The molecule has 0 saturated heterocycles. The van der Waals surface area contributed by atoms with Crippen LogP contribution in [0.5, 0.6) is 0 Å². The second kappa shape index (κ2) is 6.47. The van der Waals surface area contributed by atoms with Crippen LogP contribution in [0, 0.1) is 18.3 Å². The van der Waals surface area contributed by atoms with Crippen LogP contribution in [0.2, 0.25) is 0 Å². The number of hydrogen-bond acceptors (Lipinski definition) is 2. The van der Waals surface area contributed by atoms with E-state index in [4.69, 9.17) is 6.42 Å². The highest BCUT2D eigenvalue weighted by atomic mass is 16.3. The number of hydrogen-bond donors (Lipinski definition) is 2.